The van der Waals surface area contributed by atoms with Crippen LogP contribution in [-0.4, -0.2) is 38.9 Å². The predicted molar refractivity (Wildman–Crippen MR) is 55.0 cm³/mol. The van der Waals surface area contributed by atoms with E-state index in [-0.39, 0.29) is 0 Å². The summed E-state index contributed by atoms with van der Waals surface area (Å²) in [6.45, 7) is 7.05. The third-order valence-electron chi connectivity index (χ3n) is 2.46. The van der Waals surface area contributed by atoms with E-state index in [0.717, 1.165) is 26.3 Å². The second-order valence-electron chi connectivity index (χ2n) is 3.53. The van der Waals surface area contributed by atoms with Gasteiger partial charge < -0.3 is 15.4 Å². The van der Waals surface area contributed by atoms with Gasteiger partial charge in [-0.25, -0.2) is 0 Å². The molecule has 0 bridgehead atoms. The van der Waals surface area contributed by atoms with E-state index in [1.165, 1.54) is 25.8 Å². The number of nitrogens with one attached hydrogen (secondary N) is 2. The molecule has 78 valence electrons. The highest BCUT2D eigenvalue weighted by molar-refractivity contribution is 4.71. The fraction of sp³-hybridized carbons (Fsp3) is 1.00. The average molecular weight is 186 g/mol. The molecule has 0 saturated carbocycles. The molecule has 1 aliphatic heterocycles. The van der Waals surface area contributed by atoms with Crippen LogP contribution in [0, 0.1) is 0 Å². The van der Waals surface area contributed by atoms with Gasteiger partial charge in [0, 0.05) is 19.2 Å². The Balaban J connectivity index is 1.98. The van der Waals surface area contributed by atoms with Crippen LogP contribution < -0.4 is 10.6 Å². The summed E-state index contributed by atoms with van der Waals surface area (Å²) in [4.78, 5) is 0. The highest BCUT2D eigenvalue weighted by atomic mass is 16.5. The van der Waals surface area contributed by atoms with Crippen LogP contribution >= 0.6 is 0 Å². The topological polar surface area (TPSA) is 33.3 Å². The third-order valence-corrected chi connectivity index (χ3v) is 2.46. The summed E-state index contributed by atoms with van der Waals surface area (Å²) in [6, 6.07) is 0.704. The van der Waals surface area contributed by atoms with Crippen molar-refractivity contribution in [3.63, 3.8) is 0 Å². The Kier molecular flexibility index (Phi) is 6.15. The summed E-state index contributed by atoms with van der Waals surface area (Å²) >= 11 is 0. The molecule has 1 saturated heterocycles. The minimum absolute atomic E-state index is 0.704. The smallest absolute Gasteiger partial charge is 0.0590 e. The van der Waals surface area contributed by atoms with E-state index < -0.39 is 0 Å². The van der Waals surface area contributed by atoms with E-state index in [2.05, 4.69) is 10.6 Å². The second kappa shape index (κ2) is 7.30. The van der Waals surface area contributed by atoms with E-state index in [9.17, 15) is 0 Å². The summed E-state index contributed by atoms with van der Waals surface area (Å²) < 4.78 is 5.28. The van der Waals surface area contributed by atoms with Crippen molar-refractivity contribution in [2.75, 3.05) is 32.8 Å². The minimum atomic E-state index is 0.704. The van der Waals surface area contributed by atoms with Gasteiger partial charge in [0.15, 0.2) is 0 Å². The first-order valence-electron chi connectivity index (χ1n) is 5.45. The fourth-order valence-electron chi connectivity index (χ4n) is 1.70. The lowest BCUT2D eigenvalue weighted by Gasteiger charge is -2.15. The molecule has 0 aromatic heterocycles. The first-order chi connectivity index (χ1) is 6.43. The summed E-state index contributed by atoms with van der Waals surface area (Å²) in [7, 11) is 0. The van der Waals surface area contributed by atoms with Gasteiger partial charge in [0.1, 0.15) is 0 Å². The van der Waals surface area contributed by atoms with Gasteiger partial charge in [-0.3, -0.25) is 0 Å². The van der Waals surface area contributed by atoms with Gasteiger partial charge in [0.25, 0.3) is 0 Å². The molecule has 1 unspecified atom stereocenters. The monoisotopic (exact) mass is 186 g/mol. The molecule has 1 aliphatic rings. The van der Waals surface area contributed by atoms with Crippen molar-refractivity contribution in [2.45, 2.75) is 32.2 Å². The van der Waals surface area contributed by atoms with Crippen LogP contribution in [0.25, 0.3) is 0 Å². The van der Waals surface area contributed by atoms with Gasteiger partial charge in [-0.15, -0.1) is 0 Å². The summed E-state index contributed by atoms with van der Waals surface area (Å²) in [5.74, 6) is 0. The van der Waals surface area contributed by atoms with Crippen molar-refractivity contribution < 1.29 is 4.74 Å². The van der Waals surface area contributed by atoms with Gasteiger partial charge in [0.05, 0.1) is 6.61 Å². The summed E-state index contributed by atoms with van der Waals surface area (Å²) in [5.41, 5.74) is 0. The first kappa shape index (κ1) is 11.0. The SMILES string of the molecule is CCOCCNC1CCCNCC1. The number of ether oxygens (including phenoxy) is 1. The summed E-state index contributed by atoms with van der Waals surface area (Å²) in [6.07, 6.45) is 3.86. The molecule has 1 atom stereocenters. The van der Waals surface area contributed by atoms with Crippen LogP contribution in [0.2, 0.25) is 0 Å². The fourth-order valence-corrected chi connectivity index (χ4v) is 1.70. The lowest BCUT2D eigenvalue weighted by Crippen LogP contribution is -2.32. The van der Waals surface area contributed by atoms with Crippen LogP contribution in [0.5, 0.6) is 0 Å². The molecule has 1 heterocycles. The molecular formula is C10H22N2O. The zero-order chi connectivity index (χ0) is 9.36. The lowest BCUT2D eigenvalue weighted by atomic mass is 10.1. The zero-order valence-corrected chi connectivity index (χ0v) is 8.64. The van der Waals surface area contributed by atoms with Crippen molar-refractivity contribution in [1.82, 2.24) is 10.6 Å². The van der Waals surface area contributed by atoms with Crippen LogP contribution in [0.4, 0.5) is 0 Å². The molecule has 0 aliphatic carbocycles. The van der Waals surface area contributed by atoms with Crippen molar-refractivity contribution in [3.8, 4) is 0 Å². The van der Waals surface area contributed by atoms with Crippen LogP contribution in [-0.2, 0) is 4.74 Å². The van der Waals surface area contributed by atoms with E-state index in [4.69, 9.17) is 4.74 Å². The molecule has 13 heavy (non-hydrogen) atoms. The third kappa shape index (κ3) is 5.24. The Morgan fingerprint density at radius 3 is 3.15 bits per heavy atom. The first-order valence-corrected chi connectivity index (χ1v) is 5.45. The molecule has 0 spiro atoms. The Labute approximate surface area is 81.2 Å². The Morgan fingerprint density at radius 2 is 2.31 bits per heavy atom. The van der Waals surface area contributed by atoms with Crippen molar-refractivity contribution in [1.29, 1.82) is 0 Å². The molecule has 3 nitrogen and oxygen atoms in total. The molecule has 0 amide bonds. The highest BCUT2D eigenvalue weighted by Gasteiger charge is 2.09. The maximum Gasteiger partial charge on any atom is 0.0590 e. The molecule has 1 rings (SSSR count). The van der Waals surface area contributed by atoms with Crippen molar-refractivity contribution >= 4 is 0 Å². The molecule has 0 aromatic carbocycles. The van der Waals surface area contributed by atoms with Crippen molar-refractivity contribution in [3.05, 3.63) is 0 Å². The average Bonchev–Trinajstić information content (AvgIpc) is 2.41. The summed E-state index contributed by atoms with van der Waals surface area (Å²) in [5, 5.41) is 6.94. The Hall–Kier alpha value is -0.120. The number of hydrogen-bond donors (Lipinski definition) is 2. The quantitative estimate of drug-likeness (QED) is 0.622. The standard InChI is InChI=1S/C10H22N2O/c1-2-13-9-8-12-10-4-3-6-11-7-5-10/h10-12H,2-9H2,1H3. The van der Waals surface area contributed by atoms with Gasteiger partial charge in [-0.05, 0) is 39.3 Å². The van der Waals surface area contributed by atoms with E-state index in [0.29, 0.717) is 6.04 Å². The van der Waals surface area contributed by atoms with Gasteiger partial charge in [-0.2, -0.15) is 0 Å². The predicted octanol–water partition coefficient (Wildman–Crippen LogP) is 0.755. The minimum Gasteiger partial charge on any atom is -0.380 e. The largest absolute Gasteiger partial charge is 0.380 e. The van der Waals surface area contributed by atoms with Crippen LogP contribution in [0.15, 0.2) is 0 Å². The van der Waals surface area contributed by atoms with Crippen LogP contribution in [0.1, 0.15) is 26.2 Å². The Morgan fingerprint density at radius 1 is 1.38 bits per heavy atom. The van der Waals surface area contributed by atoms with E-state index in [1.807, 2.05) is 6.92 Å². The molecular weight excluding hydrogens is 164 g/mol. The van der Waals surface area contributed by atoms with E-state index in [1.54, 1.807) is 0 Å². The molecule has 3 heteroatoms. The molecule has 1 fully saturated rings. The normalized spacial score (nSPS) is 24.2. The molecule has 0 aromatic rings. The maximum atomic E-state index is 5.28. The lowest BCUT2D eigenvalue weighted by molar-refractivity contribution is 0.146. The van der Waals surface area contributed by atoms with Gasteiger partial charge in [0.2, 0.25) is 0 Å². The van der Waals surface area contributed by atoms with Gasteiger partial charge in [-0.1, -0.05) is 0 Å². The van der Waals surface area contributed by atoms with E-state index >= 15 is 0 Å². The zero-order valence-electron chi connectivity index (χ0n) is 8.64. The Bertz CT molecular complexity index is 111. The molecule has 0 radical (unpaired) electrons. The maximum absolute atomic E-state index is 5.28. The number of hydrogen-bond acceptors (Lipinski definition) is 3. The van der Waals surface area contributed by atoms with Gasteiger partial charge >= 0.3 is 0 Å². The van der Waals surface area contributed by atoms with Crippen molar-refractivity contribution in [2.24, 2.45) is 0 Å². The molecule has 2 N–H and O–H groups in total. The highest BCUT2D eigenvalue weighted by Crippen LogP contribution is 2.03. The van der Waals surface area contributed by atoms with Crippen LogP contribution in [0.3, 0.4) is 0 Å². The number of rotatable bonds is 5. The second-order valence-corrected chi connectivity index (χ2v) is 3.53.